The number of anilines is 2. The number of rotatable bonds is 23. The van der Waals surface area contributed by atoms with E-state index in [4.69, 9.17) is 10.5 Å². The lowest BCUT2D eigenvalue weighted by Crippen LogP contribution is -2.46. The van der Waals surface area contributed by atoms with Gasteiger partial charge in [0.15, 0.2) is 0 Å². The van der Waals surface area contributed by atoms with Crippen LogP contribution in [0, 0.1) is 5.41 Å². The Kier molecular flexibility index (Phi) is 17.3. The van der Waals surface area contributed by atoms with Crippen LogP contribution in [0.2, 0.25) is 0 Å². The van der Waals surface area contributed by atoms with Crippen LogP contribution in [0.4, 0.5) is 11.4 Å². The Hall–Kier alpha value is -2.53. The molecule has 2 rings (SSSR count). The van der Waals surface area contributed by atoms with E-state index in [2.05, 4.69) is 62.5 Å². The molecule has 2 aromatic carbocycles. The molecule has 3 atom stereocenters. The number of ether oxygens (including phenoxy) is 1. The molecule has 0 aliphatic carbocycles. The third kappa shape index (κ3) is 13.6. The van der Waals surface area contributed by atoms with Crippen molar-refractivity contribution in [3.63, 3.8) is 0 Å². The molecule has 3 unspecified atom stereocenters. The first-order valence-electron chi connectivity index (χ1n) is 16.8. The lowest BCUT2D eigenvalue weighted by molar-refractivity contribution is -0.159. The van der Waals surface area contributed by atoms with Gasteiger partial charge >= 0.3 is 5.97 Å². The topological polar surface area (TPSA) is 84.6 Å². The van der Waals surface area contributed by atoms with Crippen LogP contribution in [-0.4, -0.2) is 29.8 Å². The number of benzene rings is 2. The largest absolute Gasteiger partial charge is 0.462 e. The van der Waals surface area contributed by atoms with Gasteiger partial charge in [0.05, 0.1) is 11.5 Å². The normalized spacial score (nSPS) is 14.2. The summed E-state index contributed by atoms with van der Waals surface area (Å²) in [6.45, 7) is 8.27. The summed E-state index contributed by atoms with van der Waals surface area (Å²) in [6.07, 6.45) is 17.6. The number of hydrogen-bond donors (Lipinski definition) is 3. The van der Waals surface area contributed by atoms with Crippen LogP contribution in [0.15, 0.2) is 48.5 Å². The molecule has 0 aliphatic rings. The van der Waals surface area contributed by atoms with Crippen molar-refractivity contribution in [2.24, 2.45) is 5.41 Å². The number of nitrogens with one attached hydrogen (secondary N) is 1. The second-order valence-electron chi connectivity index (χ2n) is 12.6. The van der Waals surface area contributed by atoms with Crippen LogP contribution in [0.5, 0.6) is 0 Å². The van der Waals surface area contributed by atoms with Gasteiger partial charge in [0.2, 0.25) is 0 Å². The minimum absolute atomic E-state index is 0.0367. The summed E-state index contributed by atoms with van der Waals surface area (Å²) in [5.74, 6) is -0.196. The van der Waals surface area contributed by atoms with Crippen LogP contribution in [0.25, 0.3) is 0 Å². The molecule has 0 radical (unpaired) electrons. The van der Waals surface area contributed by atoms with Gasteiger partial charge in [-0.3, -0.25) is 4.79 Å². The van der Waals surface area contributed by atoms with Crippen molar-refractivity contribution in [1.29, 1.82) is 0 Å². The first kappa shape index (κ1) is 35.7. The van der Waals surface area contributed by atoms with E-state index in [9.17, 15) is 9.90 Å². The van der Waals surface area contributed by atoms with Gasteiger partial charge in [0.1, 0.15) is 6.61 Å². The van der Waals surface area contributed by atoms with Gasteiger partial charge in [0.25, 0.3) is 0 Å². The Labute approximate surface area is 257 Å². The molecule has 5 nitrogen and oxygen atoms in total. The maximum Gasteiger partial charge on any atom is 0.313 e. The fourth-order valence-corrected chi connectivity index (χ4v) is 5.70. The average molecular weight is 581 g/mol. The van der Waals surface area contributed by atoms with Gasteiger partial charge in [-0.2, -0.15) is 0 Å². The van der Waals surface area contributed by atoms with Gasteiger partial charge in [0, 0.05) is 17.4 Å². The number of hydrogen-bond acceptors (Lipinski definition) is 5. The van der Waals surface area contributed by atoms with Gasteiger partial charge in [-0.25, -0.2) is 0 Å². The lowest BCUT2D eigenvalue weighted by Gasteiger charge is -2.37. The molecule has 42 heavy (non-hydrogen) atoms. The highest BCUT2D eigenvalue weighted by Crippen LogP contribution is 2.36. The van der Waals surface area contributed by atoms with E-state index >= 15 is 0 Å². The van der Waals surface area contributed by atoms with Gasteiger partial charge in [-0.1, -0.05) is 122 Å². The van der Waals surface area contributed by atoms with Crippen LogP contribution >= 0.6 is 0 Å². The summed E-state index contributed by atoms with van der Waals surface area (Å²) in [4.78, 5) is 13.7. The van der Waals surface area contributed by atoms with Crippen LogP contribution in [0.3, 0.4) is 0 Å². The highest BCUT2D eigenvalue weighted by molar-refractivity contribution is 5.78. The Morgan fingerprint density at radius 3 is 1.86 bits per heavy atom. The van der Waals surface area contributed by atoms with E-state index in [1.54, 1.807) is 6.92 Å². The molecule has 4 N–H and O–H groups in total. The summed E-state index contributed by atoms with van der Waals surface area (Å²) in [5, 5.41) is 13.6. The second-order valence-corrected chi connectivity index (χ2v) is 12.6. The third-order valence-corrected chi connectivity index (χ3v) is 8.52. The maximum atomic E-state index is 13.7. The molecule has 0 saturated heterocycles. The van der Waals surface area contributed by atoms with Crippen molar-refractivity contribution in [2.45, 2.75) is 143 Å². The molecule has 0 heterocycles. The Morgan fingerprint density at radius 2 is 1.31 bits per heavy atom. The zero-order valence-corrected chi connectivity index (χ0v) is 27.1. The van der Waals surface area contributed by atoms with E-state index in [-0.39, 0.29) is 18.6 Å². The summed E-state index contributed by atoms with van der Waals surface area (Å²) in [5.41, 5.74) is 9.45. The van der Waals surface area contributed by atoms with Crippen LogP contribution in [0.1, 0.15) is 135 Å². The monoisotopic (exact) mass is 580 g/mol. The van der Waals surface area contributed by atoms with E-state index < -0.39 is 11.5 Å². The van der Waals surface area contributed by atoms with Crippen molar-refractivity contribution < 1.29 is 14.6 Å². The summed E-state index contributed by atoms with van der Waals surface area (Å²) >= 11 is 0. The predicted molar refractivity (Wildman–Crippen MR) is 179 cm³/mol. The highest BCUT2D eigenvalue weighted by atomic mass is 16.5. The number of aliphatic hydroxyl groups excluding tert-OH is 1. The second kappa shape index (κ2) is 20.4. The smallest absolute Gasteiger partial charge is 0.313 e. The number of nitrogen functional groups attached to an aromatic ring is 1. The molecule has 0 bridgehead atoms. The van der Waals surface area contributed by atoms with Gasteiger partial charge in [-0.05, 0) is 68.5 Å². The molecule has 0 aromatic heterocycles. The summed E-state index contributed by atoms with van der Waals surface area (Å²) in [7, 11) is 0. The van der Waals surface area contributed by atoms with Crippen molar-refractivity contribution in [2.75, 3.05) is 17.7 Å². The Morgan fingerprint density at radius 1 is 0.810 bits per heavy atom. The third-order valence-electron chi connectivity index (χ3n) is 8.52. The fraction of sp³-hybridized carbons (Fsp3) is 0.649. The zero-order chi connectivity index (χ0) is 30.6. The molecule has 0 saturated carbocycles. The molecule has 0 aliphatic heterocycles. The van der Waals surface area contributed by atoms with Crippen LogP contribution < -0.4 is 11.1 Å². The van der Waals surface area contributed by atoms with Crippen molar-refractivity contribution >= 4 is 17.3 Å². The first-order chi connectivity index (χ1) is 20.3. The van der Waals surface area contributed by atoms with Crippen molar-refractivity contribution in [3.05, 3.63) is 59.7 Å². The van der Waals surface area contributed by atoms with Crippen molar-refractivity contribution in [1.82, 2.24) is 0 Å². The molecule has 0 fully saturated rings. The van der Waals surface area contributed by atoms with E-state index in [0.717, 1.165) is 49.9 Å². The average Bonchev–Trinajstić information content (AvgIpc) is 2.98. The number of carbonyl (C=O) groups excluding carboxylic acids is 1. The highest BCUT2D eigenvalue weighted by Gasteiger charge is 2.42. The molecule has 5 heteroatoms. The fourth-order valence-electron chi connectivity index (χ4n) is 5.70. The molecule has 236 valence electrons. The minimum Gasteiger partial charge on any atom is -0.462 e. The zero-order valence-electron chi connectivity index (χ0n) is 27.1. The number of aliphatic hydroxyl groups is 1. The number of carbonyl (C=O) groups is 1. The molecule has 0 amide bonds. The predicted octanol–water partition coefficient (Wildman–Crippen LogP) is 9.46. The number of unbranched alkanes of at least 4 members (excludes halogenated alkanes) is 11. The molecule has 2 aromatic rings. The number of nitrogens with two attached hydrogens (primary N) is 1. The van der Waals surface area contributed by atoms with Crippen LogP contribution in [-0.2, 0) is 16.0 Å². The SMILES string of the molecule is CCCCCCCCCC(C)(C(=O)OCC(C)O)C(CCCCCCCC)Nc1ccc(Cc2ccc(N)cc2)cc1. The summed E-state index contributed by atoms with van der Waals surface area (Å²) in [6, 6.07) is 16.6. The van der Waals surface area contributed by atoms with Crippen molar-refractivity contribution in [3.8, 4) is 0 Å². The lowest BCUT2D eigenvalue weighted by atomic mass is 9.75. The Balaban J connectivity index is 2.17. The quantitative estimate of drug-likeness (QED) is 0.0692. The maximum absolute atomic E-state index is 13.7. The minimum atomic E-state index is -0.676. The number of esters is 1. The van der Waals surface area contributed by atoms with Gasteiger partial charge in [-0.15, -0.1) is 0 Å². The van der Waals surface area contributed by atoms with E-state index in [1.807, 2.05) is 12.1 Å². The van der Waals surface area contributed by atoms with E-state index in [1.165, 1.54) is 75.3 Å². The Bertz CT molecular complexity index is 974. The first-order valence-corrected chi connectivity index (χ1v) is 16.8. The molecular formula is C37H60N2O3. The standard InChI is InChI=1S/C37H60N2O3/c1-5-7-9-11-13-15-17-27-37(4,36(41)42-29-30(3)40)35(18-16-14-12-10-8-6-2)39-34-25-21-32(22-26-34)28-31-19-23-33(38)24-20-31/h19-26,30,35,39-40H,5-18,27-29,38H2,1-4H3. The van der Waals surface area contributed by atoms with Gasteiger partial charge < -0.3 is 20.9 Å². The molecular weight excluding hydrogens is 520 g/mol. The van der Waals surface area contributed by atoms with E-state index in [0.29, 0.717) is 0 Å². The molecule has 0 spiro atoms. The summed E-state index contributed by atoms with van der Waals surface area (Å²) < 4.78 is 5.71.